The van der Waals surface area contributed by atoms with Crippen LogP contribution in [0.2, 0.25) is 0 Å². The minimum atomic E-state index is -0.150. The first kappa shape index (κ1) is 17.8. The summed E-state index contributed by atoms with van der Waals surface area (Å²) >= 11 is 0. The van der Waals surface area contributed by atoms with Gasteiger partial charge in [0.2, 0.25) is 0 Å². The van der Waals surface area contributed by atoms with E-state index < -0.39 is 0 Å². The molecule has 0 aliphatic carbocycles. The van der Waals surface area contributed by atoms with Gasteiger partial charge in [0.25, 0.3) is 0 Å². The van der Waals surface area contributed by atoms with Crippen LogP contribution in [0.4, 0.5) is 0 Å². The molecular formula is C23H23N5O. The van der Waals surface area contributed by atoms with Crippen molar-refractivity contribution >= 4 is 5.57 Å². The molecule has 3 N–H and O–H groups in total. The van der Waals surface area contributed by atoms with Gasteiger partial charge in [0.15, 0.2) is 5.82 Å². The highest BCUT2D eigenvalue weighted by atomic mass is 16.5. The van der Waals surface area contributed by atoms with Gasteiger partial charge in [-0.15, -0.1) is 10.2 Å². The maximum atomic E-state index is 6.00. The standard InChI is InChI=1S/C23H23N5O/c1-15-26-27-23-14-29-13-20-19(11-16-5-3-2-4-6-16)18(8-9-21(20)28(15)23)17-7-10-22(24)25-12-17/h2-10,12,22,25H,11,13-14,24H2,1H3. The molecule has 3 aromatic rings. The third kappa shape index (κ3) is 3.26. The Kier molecular flexibility index (Phi) is 4.50. The molecule has 0 spiro atoms. The lowest BCUT2D eigenvalue weighted by Gasteiger charge is -2.21. The zero-order valence-corrected chi connectivity index (χ0v) is 16.3. The van der Waals surface area contributed by atoms with Crippen molar-refractivity contribution in [3.8, 4) is 5.69 Å². The van der Waals surface area contributed by atoms with E-state index in [1.807, 2.05) is 25.3 Å². The first-order valence-corrected chi connectivity index (χ1v) is 9.79. The van der Waals surface area contributed by atoms with Crippen LogP contribution in [-0.4, -0.2) is 20.9 Å². The summed E-state index contributed by atoms with van der Waals surface area (Å²) in [5, 5.41) is 11.8. The van der Waals surface area contributed by atoms with Gasteiger partial charge < -0.3 is 15.8 Å². The fourth-order valence-electron chi connectivity index (χ4n) is 4.05. The lowest BCUT2D eigenvalue weighted by molar-refractivity contribution is 0.104. The van der Waals surface area contributed by atoms with Crippen molar-refractivity contribution in [3.05, 3.63) is 94.7 Å². The minimum absolute atomic E-state index is 0.150. The van der Waals surface area contributed by atoms with Crippen LogP contribution in [0.3, 0.4) is 0 Å². The number of hydrogen-bond donors (Lipinski definition) is 2. The van der Waals surface area contributed by atoms with Gasteiger partial charge in [0.1, 0.15) is 12.4 Å². The molecule has 0 fully saturated rings. The van der Waals surface area contributed by atoms with E-state index in [9.17, 15) is 0 Å². The number of nitrogens with one attached hydrogen (secondary N) is 1. The lowest BCUT2D eigenvalue weighted by Crippen LogP contribution is -2.33. The summed E-state index contributed by atoms with van der Waals surface area (Å²) in [5.41, 5.74) is 13.0. The number of ether oxygens (including phenoxy) is 1. The summed E-state index contributed by atoms with van der Waals surface area (Å²) < 4.78 is 8.11. The summed E-state index contributed by atoms with van der Waals surface area (Å²) in [6, 6.07) is 14.9. The zero-order chi connectivity index (χ0) is 19.8. The second-order valence-corrected chi connectivity index (χ2v) is 7.39. The van der Waals surface area contributed by atoms with Gasteiger partial charge in [-0.25, -0.2) is 0 Å². The highest BCUT2D eigenvalue weighted by Gasteiger charge is 2.23. The molecule has 6 nitrogen and oxygen atoms in total. The highest BCUT2D eigenvalue weighted by molar-refractivity contribution is 5.79. The number of nitrogens with zero attached hydrogens (tertiary/aromatic N) is 3. The monoisotopic (exact) mass is 385 g/mol. The summed E-state index contributed by atoms with van der Waals surface area (Å²) in [6.07, 6.45) is 6.73. The molecule has 1 unspecified atom stereocenters. The van der Waals surface area contributed by atoms with Crippen LogP contribution >= 0.6 is 0 Å². The summed E-state index contributed by atoms with van der Waals surface area (Å²) in [6.45, 7) is 2.97. The Morgan fingerprint density at radius 3 is 2.79 bits per heavy atom. The largest absolute Gasteiger partial charge is 0.372 e. The Morgan fingerprint density at radius 2 is 2.00 bits per heavy atom. The number of fused-ring (bicyclic) bond motifs is 3. The molecule has 0 saturated carbocycles. The Hall–Kier alpha value is -3.22. The van der Waals surface area contributed by atoms with E-state index in [1.165, 1.54) is 22.3 Å². The maximum Gasteiger partial charge on any atom is 0.163 e. The van der Waals surface area contributed by atoms with E-state index in [2.05, 4.69) is 62.6 Å². The second kappa shape index (κ2) is 7.31. The smallest absolute Gasteiger partial charge is 0.163 e. The third-order valence-corrected chi connectivity index (χ3v) is 5.47. The maximum absolute atomic E-state index is 6.00. The normalized spacial score (nSPS) is 17.7. The number of dihydropyridines is 1. The Balaban J connectivity index is 1.70. The molecule has 6 heteroatoms. The molecular weight excluding hydrogens is 362 g/mol. The average Bonchev–Trinajstić information content (AvgIpc) is 2.99. The summed E-state index contributed by atoms with van der Waals surface area (Å²) in [4.78, 5) is 0. The van der Waals surface area contributed by atoms with E-state index in [4.69, 9.17) is 10.5 Å². The number of aromatic nitrogens is 3. The van der Waals surface area contributed by atoms with Gasteiger partial charge in [-0.3, -0.25) is 4.57 Å². The molecule has 2 aliphatic heterocycles. The number of allylic oxidation sites excluding steroid dienone is 2. The van der Waals surface area contributed by atoms with Crippen molar-refractivity contribution in [1.82, 2.24) is 20.1 Å². The van der Waals surface area contributed by atoms with Gasteiger partial charge in [0.05, 0.1) is 18.5 Å². The topological polar surface area (TPSA) is 78.0 Å². The fraction of sp³-hybridized carbons (Fsp3) is 0.217. The van der Waals surface area contributed by atoms with Gasteiger partial charge in [-0.2, -0.15) is 0 Å². The SMILES string of the molecule is Cc1nnc2n1-c1ccc(C3=CNC(N)C=C3)c(Cc3ccccc3)c1COC2. The van der Waals surface area contributed by atoms with Crippen molar-refractivity contribution in [2.45, 2.75) is 32.7 Å². The van der Waals surface area contributed by atoms with Crippen molar-refractivity contribution in [1.29, 1.82) is 0 Å². The van der Waals surface area contributed by atoms with Crippen molar-refractivity contribution in [3.63, 3.8) is 0 Å². The van der Waals surface area contributed by atoms with Gasteiger partial charge in [-0.05, 0) is 47.8 Å². The minimum Gasteiger partial charge on any atom is -0.372 e. The average molecular weight is 385 g/mol. The molecule has 29 heavy (non-hydrogen) atoms. The molecule has 5 rings (SSSR count). The van der Waals surface area contributed by atoms with E-state index >= 15 is 0 Å². The number of hydrogen-bond acceptors (Lipinski definition) is 5. The van der Waals surface area contributed by atoms with Crippen molar-refractivity contribution in [2.75, 3.05) is 0 Å². The first-order chi connectivity index (χ1) is 14.2. The second-order valence-electron chi connectivity index (χ2n) is 7.39. The number of rotatable bonds is 3. The summed E-state index contributed by atoms with van der Waals surface area (Å²) in [7, 11) is 0. The van der Waals surface area contributed by atoms with Crippen LogP contribution in [0.15, 0.2) is 60.8 Å². The molecule has 3 heterocycles. The molecule has 0 radical (unpaired) electrons. The predicted octanol–water partition coefficient (Wildman–Crippen LogP) is 2.98. The van der Waals surface area contributed by atoms with Gasteiger partial charge >= 0.3 is 0 Å². The van der Waals surface area contributed by atoms with Crippen LogP contribution in [0, 0.1) is 6.92 Å². The third-order valence-electron chi connectivity index (χ3n) is 5.47. The van der Waals surface area contributed by atoms with Gasteiger partial charge in [-0.1, -0.05) is 42.5 Å². The van der Waals surface area contributed by atoms with E-state index in [1.54, 1.807) is 0 Å². The summed E-state index contributed by atoms with van der Waals surface area (Å²) in [5.74, 6) is 1.71. The van der Waals surface area contributed by atoms with Crippen molar-refractivity contribution in [2.24, 2.45) is 5.73 Å². The number of nitrogens with two attached hydrogens (primary N) is 1. The van der Waals surface area contributed by atoms with Crippen LogP contribution in [-0.2, 0) is 24.4 Å². The molecule has 2 aromatic carbocycles. The Labute approximate surface area is 169 Å². The Morgan fingerprint density at radius 1 is 1.14 bits per heavy atom. The highest BCUT2D eigenvalue weighted by Crippen LogP contribution is 2.33. The van der Waals surface area contributed by atoms with E-state index in [-0.39, 0.29) is 6.17 Å². The first-order valence-electron chi connectivity index (χ1n) is 9.79. The lowest BCUT2D eigenvalue weighted by atomic mass is 9.89. The number of benzene rings is 2. The quantitative estimate of drug-likeness (QED) is 0.725. The van der Waals surface area contributed by atoms with Crippen LogP contribution in [0.1, 0.15) is 33.9 Å². The van der Waals surface area contributed by atoms with E-state index in [0.717, 1.165) is 29.3 Å². The zero-order valence-electron chi connectivity index (χ0n) is 16.3. The Bertz CT molecular complexity index is 1110. The predicted molar refractivity (Wildman–Crippen MR) is 112 cm³/mol. The van der Waals surface area contributed by atoms with Crippen LogP contribution in [0.5, 0.6) is 0 Å². The molecule has 1 atom stereocenters. The molecule has 0 amide bonds. The van der Waals surface area contributed by atoms with E-state index in [0.29, 0.717) is 13.2 Å². The molecule has 0 saturated heterocycles. The van der Waals surface area contributed by atoms with Crippen LogP contribution in [0.25, 0.3) is 11.3 Å². The molecule has 1 aromatic heterocycles. The van der Waals surface area contributed by atoms with Gasteiger partial charge in [0, 0.05) is 11.8 Å². The molecule has 146 valence electrons. The molecule has 0 bridgehead atoms. The van der Waals surface area contributed by atoms with Crippen LogP contribution < -0.4 is 11.1 Å². The number of aryl methyl sites for hydroxylation is 1. The molecule has 2 aliphatic rings. The fourth-order valence-corrected chi connectivity index (χ4v) is 4.05. The van der Waals surface area contributed by atoms with Crippen molar-refractivity contribution < 1.29 is 4.74 Å².